The molecule has 0 spiro atoms. The van der Waals surface area contributed by atoms with Crippen LogP contribution >= 0.6 is 0 Å². The minimum Gasteiger partial charge on any atom is -0.508 e. The average Bonchev–Trinajstić information content (AvgIpc) is 2.18. The van der Waals surface area contributed by atoms with Crippen LogP contribution in [0.25, 0.3) is 0 Å². The number of phenols is 1. The van der Waals surface area contributed by atoms with Crippen LogP contribution < -0.4 is 16.4 Å². The van der Waals surface area contributed by atoms with Gasteiger partial charge in [-0.3, -0.25) is 0 Å². The van der Waals surface area contributed by atoms with Gasteiger partial charge in [-0.1, -0.05) is 6.07 Å². The smallest absolute Gasteiger partial charge is 0.319 e. The standard InChI is InChI=1S/C10H15N3O2/c1-2-12-10(15)13-8-4-3-7(6-11)9(14)5-8/h3-5,14H,2,6,11H2,1H3,(H2,12,13,15). The number of aromatic hydroxyl groups is 1. The Kier molecular flexibility index (Phi) is 3.93. The number of amides is 2. The first-order valence-corrected chi connectivity index (χ1v) is 4.74. The Bertz CT molecular complexity index is 353. The fraction of sp³-hybridized carbons (Fsp3) is 0.300. The van der Waals surface area contributed by atoms with Gasteiger partial charge in [-0.15, -0.1) is 0 Å². The van der Waals surface area contributed by atoms with Gasteiger partial charge < -0.3 is 21.5 Å². The summed E-state index contributed by atoms with van der Waals surface area (Å²) in [5.74, 6) is 0.0896. The van der Waals surface area contributed by atoms with Crippen molar-refractivity contribution in [2.24, 2.45) is 5.73 Å². The molecule has 0 aromatic heterocycles. The Morgan fingerprint density at radius 3 is 2.80 bits per heavy atom. The topological polar surface area (TPSA) is 87.4 Å². The molecule has 0 fully saturated rings. The summed E-state index contributed by atoms with van der Waals surface area (Å²) in [5, 5.41) is 14.7. The molecular formula is C10H15N3O2. The number of anilines is 1. The lowest BCUT2D eigenvalue weighted by atomic mass is 10.2. The molecule has 0 saturated carbocycles. The molecular weight excluding hydrogens is 194 g/mol. The van der Waals surface area contributed by atoms with Crippen molar-refractivity contribution >= 4 is 11.7 Å². The largest absolute Gasteiger partial charge is 0.508 e. The highest BCUT2D eigenvalue weighted by atomic mass is 16.3. The number of carbonyl (C=O) groups excluding carboxylic acids is 1. The van der Waals surface area contributed by atoms with Gasteiger partial charge in [0.05, 0.1) is 0 Å². The summed E-state index contributed by atoms with van der Waals surface area (Å²) in [6, 6.07) is 4.54. The first-order valence-electron chi connectivity index (χ1n) is 4.74. The van der Waals surface area contributed by atoms with E-state index in [4.69, 9.17) is 5.73 Å². The summed E-state index contributed by atoms with van der Waals surface area (Å²) >= 11 is 0. The van der Waals surface area contributed by atoms with E-state index in [-0.39, 0.29) is 18.3 Å². The van der Waals surface area contributed by atoms with Crippen molar-refractivity contribution in [3.63, 3.8) is 0 Å². The highest BCUT2D eigenvalue weighted by Gasteiger charge is 2.03. The quantitative estimate of drug-likeness (QED) is 0.598. The van der Waals surface area contributed by atoms with Crippen LogP contribution in [0.1, 0.15) is 12.5 Å². The van der Waals surface area contributed by atoms with Gasteiger partial charge in [0.25, 0.3) is 0 Å². The molecule has 0 bridgehead atoms. The number of hydrogen-bond acceptors (Lipinski definition) is 3. The van der Waals surface area contributed by atoms with E-state index < -0.39 is 0 Å². The van der Waals surface area contributed by atoms with Crippen LogP contribution in [0.3, 0.4) is 0 Å². The molecule has 0 atom stereocenters. The number of nitrogens with one attached hydrogen (secondary N) is 2. The highest BCUT2D eigenvalue weighted by molar-refractivity contribution is 5.89. The van der Waals surface area contributed by atoms with Gasteiger partial charge in [-0.25, -0.2) is 4.79 Å². The summed E-state index contributed by atoms with van der Waals surface area (Å²) in [7, 11) is 0. The SMILES string of the molecule is CCNC(=O)Nc1ccc(CN)c(O)c1. The first-order chi connectivity index (χ1) is 7.17. The van der Waals surface area contributed by atoms with Gasteiger partial charge in [0, 0.05) is 30.4 Å². The van der Waals surface area contributed by atoms with E-state index in [1.807, 2.05) is 6.92 Å². The van der Waals surface area contributed by atoms with Crippen molar-refractivity contribution < 1.29 is 9.90 Å². The molecule has 15 heavy (non-hydrogen) atoms. The molecule has 5 heteroatoms. The third-order valence-corrected chi connectivity index (χ3v) is 1.90. The summed E-state index contributed by atoms with van der Waals surface area (Å²) in [6.07, 6.45) is 0. The lowest BCUT2D eigenvalue weighted by Crippen LogP contribution is -2.28. The summed E-state index contributed by atoms with van der Waals surface area (Å²) < 4.78 is 0. The van der Waals surface area contributed by atoms with Gasteiger partial charge in [0.1, 0.15) is 5.75 Å². The van der Waals surface area contributed by atoms with Crippen LogP contribution in [0.15, 0.2) is 18.2 Å². The van der Waals surface area contributed by atoms with Crippen molar-refractivity contribution in [1.82, 2.24) is 5.32 Å². The Morgan fingerprint density at radius 1 is 1.53 bits per heavy atom. The van der Waals surface area contributed by atoms with E-state index in [9.17, 15) is 9.90 Å². The number of benzene rings is 1. The van der Waals surface area contributed by atoms with E-state index in [0.717, 1.165) is 0 Å². The van der Waals surface area contributed by atoms with Crippen molar-refractivity contribution in [3.05, 3.63) is 23.8 Å². The maximum Gasteiger partial charge on any atom is 0.319 e. The third kappa shape index (κ3) is 3.14. The predicted molar refractivity (Wildman–Crippen MR) is 58.7 cm³/mol. The Labute approximate surface area is 88.3 Å². The van der Waals surface area contributed by atoms with Gasteiger partial charge in [0.15, 0.2) is 0 Å². The van der Waals surface area contributed by atoms with Crippen LogP contribution in [0.2, 0.25) is 0 Å². The number of urea groups is 1. The molecule has 0 aliphatic carbocycles. The monoisotopic (exact) mass is 209 g/mol. The van der Waals surface area contributed by atoms with E-state index >= 15 is 0 Å². The summed E-state index contributed by atoms with van der Waals surface area (Å²) in [4.78, 5) is 11.1. The highest BCUT2D eigenvalue weighted by Crippen LogP contribution is 2.21. The molecule has 1 rings (SSSR count). The molecule has 82 valence electrons. The maximum absolute atomic E-state index is 11.1. The zero-order valence-electron chi connectivity index (χ0n) is 8.58. The molecule has 0 radical (unpaired) electrons. The zero-order chi connectivity index (χ0) is 11.3. The number of carbonyl (C=O) groups is 1. The van der Waals surface area contributed by atoms with E-state index in [1.54, 1.807) is 12.1 Å². The molecule has 0 unspecified atom stereocenters. The zero-order valence-corrected chi connectivity index (χ0v) is 8.58. The molecule has 1 aromatic carbocycles. The molecule has 5 nitrogen and oxygen atoms in total. The number of nitrogens with two attached hydrogens (primary N) is 1. The first kappa shape index (κ1) is 11.3. The van der Waals surface area contributed by atoms with Crippen LogP contribution in [0.4, 0.5) is 10.5 Å². The molecule has 0 aliphatic rings. The minimum atomic E-state index is -0.294. The second kappa shape index (κ2) is 5.21. The molecule has 0 aliphatic heterocycles. The second-order valence-electron chi connectivity index (χ2n) is 3.03. The maximum atomic E-state index is 11.1. The molecule has 5 N–H and O–H groups in total. The fourth-order valence-electron chi connectivity index (χ4n) is 1.15. The predicted octanol–water partition coefficient (Wildman–Crippen LogP) is 0.992. The Morgan fingerprint density at radius 2 is 2.27 bits per heavy atom. The van der Waals surface area contributed by atoms with E-state index in [1.165, 1.54) is 6.07 Å². The third-order valence-electron chi connectivity index (χ3n) is 1.90. The van der Waals surface area contributed by atoms with Crippen molar-refractivity contribution in [2.45, 2.75) is 13.5 Å². The second-order valence-corrected chi connectivity index (χ2v) is 3.03. The van der Waals surface area contributed by atoms with E-state index in [2.05, 4.69) is 10.6 Å². The van der Waals surface area contributed by atoms with Crippen LogP contribution in [0.5, 0.6) is 5.75 Å². The lowest BCUT2D eigenvalue weighted by molar-refractivity contribution is 0.252. The van der Waals surface area contributed by atoms with Crippen LogP contribution in [-0.2, 0) is 6.54 Å². The Balaban J connectivity index is 2.71. The molecule has 0 saturated heterocycles. The normalized spacial score (nSPS) is 9.73. The fourth-order valence-corrected chi connectivity index (χ4v) is 1.15. The molecule has 2 amide bonds. The number of rotatable bonds is 3. The van der Waals surface area contributed by atoms with Crippen LogP contribution in [-0.4, -0.2) is 17.7 Å². The summed E-state index contributed by atoms with van der Waals surface area (Å²) in [6.45, 7) is 2.65. The number of hydrogen-bond donors (Lipinski definition) is 4. The van der Waals surface area contributed by atoms with Gasteiger partial charge in [-0.2, -0.15) is 0 Å². The minimum absolute atomic E-state index is 0.0896. The van der Waals surface area contributed by atoms with Crippen LogP contribution in [0, 0.1) is 0 Å². The van der Waals surface area contributed by atoms with Gasteiger partial charge in [0.2, 0.25) is 0 Å². The van der Waals surface area contributed by atoms with E-state index in [0.29, 0.717) is 17.8 Å². The van der Waals surface area contributed by atoms with Crippen molar-refractivity contribution in [1.29, 1.82) is 0 Å². The number of phenolic OH excluding ortho intramolecular Hbond substituents is 1. The lowest BCUT2D eigenvalue weighted by Gasteiger charge is -2.07. The van der Waals surface area contributed by atoms with Crippen molar-refractivity contribution in [2.75, 3.05) is 11.9 Å². The average molecular weight is 209 g/mol. The molecule has 0 heterocycles. The summed E-state index contributed by atoms with van der Waals surface area (Å²) in [5.41, 5.74) is 6.58. The van der Waals surface area contributed by atoms with Gasteiger partial charge >= 0.3 is 6.03 Å². The molecule has 1 aromatic rings. The van der Waals surface area contributed by atoms with Crippen molar-refractivity contribution in [3.8, 4) is 5.75 Å². The Hall–Kier alpha value is -1.75. The van der Waals surface area contributed by atoms with Gasteiger partial charge in [-0.05, 0) is 13.0 Å².